The molecule has 0 bridgehead atoms. The van der Waals surface area contributed by atoms with Crippen molar-refractivity contribution in [1.29, 1.82) is 0 Å². The molecule has 4 heteroatoms. The highest BCUT2D eigenvalue weighted by atomic mass is 35.5. The summed E-state index contributed by atoms with van der Waals surface area (Å²) in [6.45, 7) is 2.68. The molecule has 3 nitrogen and oxygen atoms in total. The van der Waals surface area contributed by atoms with Crippen LogP contribution in [0.4, 0.5) is 0 Å². The summed E-state index contributed by atoms with van der Waals surface area (Å²) in [6.07, 6.45) is 3.14. The monoisotopic (exact) mass is 392 g/mol. The van der Waals surface area contributed by atoms with Crippen LogP contribution in [-0.4, -0.2) is 5.97 Å². The van der Waals surface area contributed by atoms with Crippen molar-refractivity contribution in [2.75, 3.05) is 0 Å². The van der Waals surface area contributed by atoms with Gasteiger partial charge in [0, 0.05) is 16.7 Å². The number of ether oxygens (including phenoxy) is 2. The molecule has 0 fully saturated rings. The van der Waals surface area contributed by atoms with E-state index in [2.05, 4.69) is 0 Å². The van der Waals surface area contributed by atoms with Gasteiger partial charge in [0.25, 0.3) is 0 Å². The maximum absolute atomic E-state index is 11.9. The molecule has 0 N–H and O–H groups in total. The van der Waals surface area contributed by atoms with Crippen LogP contribution in [0.25, 0.3) is 6.08 Å². The zero-order valence-electron chi connectivity index (χ0n) is 15.6. The van der Waals surface area contributed by atoms with Gasteiger partial charge in [0.15, 0.2) is 0 Å². The topological polar surface area (TPSA) is 35.5 Å². The van der Waals surface area contributed by atoms with Crippen LogP contribution in [0.1, 0.15) is 22.3 Å². The Bertz CT molecular complexity index is 944. The van der Waals surface area contributed by atoms with Crippen LogP contribution < -0.4 is 4.74 Å². The summed E-state index contributed by atoms with van der Waals surface area (Å²) < 4.78 is 11.0. The Morgan fingerprint density at radius 3 is 2.36 bits per heavy atom. The van der Waals surface area contributed by atoms with Gasteiger partial charge in [0.2, 0.25) is 0 Å². The Morgan fingerprint density at radius 2 is 1.64 bits per heavy atom. The minimum Gasteiger partial charge on any atom is -0.489 e. The summed E-state index contributed by atoms with van der Waals surface area (Å²) >= 11 is 6.13. The van der Waals surface area contributed by atoms with Gasteiger partial charge in [-0.3, -0.25) is 0 Å². The number of rotatable bonds is 7. The number of aryl methyl sites for hydroxylation is 1. The predicted molar refractivity (Wildman–Crippen MR) is 112 cm³/mol. The van der Waals surface area contributed by atoms with Crippen molar-refractivity contribution in [2.45, 2.75) is 20.1 Å². The molecular weight excluding hydrogens is 372 g/mol. The molecule has 3 rings (SSSR count). The van der Waals surface area contributed by atoms with Crippen LogP contribution in [-0.2, 0) is 22.7 Å². The molecule has 28 heavy (non-hydrogen) atoms. The van der Waals surface area contributed by atoms with Crippen molar-refractivity contribution in [3.05, 3.63) is 106 Å². The summed E-state index contributed by atoms with van der Waals surface area (Å²) in [5.41, 5.74) is 3.96. The van der Waals surface area contributed by atoms with Crippen molar-refractivity contribution < 1.29 is 14.3 Å². The summed E-state index contributed by atoms with van der Waals surface area (Å²) in [5.74, 6) is 0.360. The Kier molecular flexibility index (Phi) is 6.88. The lowest BCUT2D eigenvalue weighted by Gasteiger charge is -2.08. The molecule has 0 heterocycles. The van der Waals surface area contributed by atoms with Crippen molar-refractivity contribution in [3.63, 3.8) is 0 Å². The molecule has 0 atom stereocenters. The van der Waals surface area contributed by atoms with E-state index in [1.54, 1.807) is 6.08 Å². The molecule has 142 valence electrons. The predicted octanol–water partition coefficient (Wildman–Crippen LogP) is 5.98. The fourth-order valence-corrected chi connectivity index (χ4v) is 2.69. The molecule has 3 aromatic carbocycles. The van der Waals surface area contributed by atoms with Crippen LogP contribution in [0.2, 0.25) is 5.02 Å². The van der Waals surface area contributed by atoms with Gasteiger partial charge in [-0.2, -0.15) is 0 Å². The van der Waals surface area contributed by atoms with Crippen molar-refractivity contribution in [1.82, 2.24) is 0 Å². The molecule has 0 amide bonds. The number of hydrogen-bond donors (Lipinski definition) is 0. The SMILES string of the molecule is Cc1ccc(COC(=O)C=Cc2ccc(OCc3ccccc3Cl)cc2)cc1. The van der Waals surface area contributed by atoms with E-state index in [4.69, 9.17) is 21.1 Å². The lowest BCUT2D eigenvalue weighted by molar-refractivity contribution is -0.138. The lowest BCUT2D eigenvalue weighted by atomic mass is 10.2. The van der Waals surface area contributed by atoms with E-state index in [-0.39, 0.29) is 12.6 Å². The standard InChI is InChI=1S/C24H21ClO3/c1-18-6-8-20(9-7-18)16-28-24(26)15-12-19-10-13-22(14-11-19)27-17-21-4-2-3-5-23(21)25/h2-15H,16-17H2,1H3. The summed E-state index contributed by atoms with van der Waals surface area (Å²) in [6, 6.07) is 23.0. The van der Waals surface area contributed by atoms with Crippen LogP contribution in [0, 0.1) is 6.92 Å². The Balaban J connectivity index is 1.48. The maximum Gasteiger partial charge on any atom is 0.331 e. The first-order chi connectivity index (χ1) is 13.6. The van der Waals surface area contributed by atoms with E-state index in [1.807, 2.05) is 79.7 Å². The number of benzene rings is 3. The lowest BCUT2D eigenvalue weighted by Crippen LogP contribution is -2.00. The third kappa shape index (κ3) is 6.00. The van der Waals surface area contributed by atoms with E-state index >= 15 is 0 Å². The van der Waals surface area contributed by atoms with Gasteiger partial charge in [-0.05, 0) is 42.3 Å². The highest BCUT2D eigenvalue weighted by molar-refractivity contribution is 6.31. The molecular formula is C24H21ClO3. The Labute approximate surface area is 170 Å². The van der Waals surface area contributed by atoms with Crippen LogP contribution in [0.3, 0.4) is 0 Å². The fraction of sp³-hybridized carbons (Fsp3) is 0.125. The highest BCUT2D eigenvalue weighted by Gasteiger charge is 2.01. The van der Waals surface area contributed by atoms with Crippen molar-refractivity contribution in [3.8, 4) is 5.75 Å². The van der Waals surface area contributed by atoms with Crippen molar-refractivity contribution in [2.24, 2.45) is 0 Å². The normalized spacial score (nSPS) is 10.8. The third-order valence-electron chi connectivity index (χ3n) is 4.15. The number of carbonyl (C=O) groups is 1. The number of halogens is 1. The summed E-state index contributed by atoms with van der Waals surface area (Å²) in [5, 5.41) is 0.686. The smallest absolute Gasteiger partial charge is 0.331 e. The molecule has 0 aliphatic rings. The maximum atomic E-state index is 11.9. The quantitative estimate of drug-likeness (QED) is 0.366. The first-order valence-corrected chi connectivity index (χ1v) is 9.34. The van der Waals surface area contributed by atoms with Gasteiger partial charge >= 0.3 is 5.97 Å². The van der Waals surface area contributed by atoms with Crippen molar-refractivity contribution >= 4 is 23.6 Å². The average molecular weight is 393 g/mol. The first kappa shape index (κ1) is 19.7. The van der Waals surface area contributed by atoms with Gasteiger partial charge in [0.05, 0.1) is 0 Å². The molecule has 0 unspecified atom stereocenters. The number of hydrogen-bond acceptors (Lipinski definition) is 3. The number of carbonyl (C=O) groups excluding carboxylic acids is 1. The highest BCUT2D eigenvalue weighted by Crippen LogP contribution is 2.19. The van der Waals surface area contributed by atoms with Crippen LogP contribution >= 0.6 is 11.6 Å². The zero-order valence-corrected chi connectivity index (χ0v) is 16.4. The zero-order chi connectivity index (χ0) is 19.8. The van der Waals surface area contributed by atoms with E-state index in [1.165, 1.54) is 11.6 Å². The van der Waals surface area contributed by atoms with E-state index in [0.29, 0.717) is 11.6 Å². The van der Waals surface area contributed by atoms with Gasteiger partial charge in [-0.25, -0.2) is 4.79 Å². The molecule has 0 saturated heterocycles. The fourth-order valence-electron chi connectivity index (χ4n) is 2.50. The van der Waals surface area contributed by atoms with Crippen LogP contribution in [0.15, 0.2) is 78.9 Å². The van der Waals surface area contributed by atoms with Gasteiger partial charge in [-0.15, -0.1) is 0 Å². The molecule has 0 aromatic heterocycles. The van der Waals surface area contributed by atoms with Gasteiger partial charge in [-0.1, -0.05) is 71.8 Å². The third-order valence-corrected chi connectivity index (χ3v) is 4.51. The van der Waals surface area contributed by atoms with Gasteiger partial charge < -0.3 is 9.47 Å². The second-order valence-electron chi connectivity index (χ2n) is 6.38. The second kappa shape index (κ2) is 9.77. The summed E-state index contributed by atoms with van der Waals surface area (Å²) in [4.78, 5) is 11.9. The Hall–Kier alpha value is -3.04. The van der Waals surface area contributed by atoms with E-state index in [0.717, 1.165) is 22.4 Å². The van der Waals surface area contributed by atoms with E-state index in [9.17, 15) is 4.79 Å². The number of esters is 1. The van der Waals surface area contributed by atoms with Crippen LogP contribution in [0.5, 0.6) is 5.75 Å². The summed E-state index contributed by atoms with van der Waals surface area (Å²) in [7, 11) is 0. The minimum absolute atomic E-state index is 0.262. The molecule has 0 saturated carbocycles. The van der Waals surface area contributed by atoms with E-state index < -0.39 is 0 Å². The molecule has 0 radical (unpaired) electrons. The average Bonchev–Trinajstić information content (AvgIpc) is 2.72. The van der Waals surface area contributed by atoms with Gasteiger partial charge in [0.1, 0.15) is 19.0 Å². The minimum atomic E-state index is -0.375. The second-order valence-corrected chi connectivity index (χ2v) is 6.78. The first-order valence-electron chi connectivity index (χ1n) is 8.97. The molecule has 0 aliphatic heterocycles. The largest absolute Gasteiger partial charge is 0.489 e. The molecule has 0 spiro atoms. The Morgan fingerprint density at radius 1 is 0.929 bits per heavy atom. The molecule has 3 aromatic rings. The molecule has 0 aliphatic carbocycles.